The van der Waals surface area contributed by atoms with E-state index in [0.717, 1.165) is 5.56 Å². The molecular weight excluding hydrogens is 396 g/mol. The highest BCUT2D eigenvalue weighted by Crippen LogP contribution is 2.27. The molecule has 1 atom stereocenters. The number of benzene rings is 2. The van der Waals surface area contributed by atoms with Gasteiger partial charge in [0.2, 0.25) is 5.91 Å². The maximum absolute atomic E-state index is 13.2. The molecule has 0 spiro atoms. The SMILES string of the molecule is CC(CC(=O)O)N1CC(=O)N(C)c2ccc(C#Cc3ccc(C(=N)N)cc3)cc2C1=O. The molecule has 158 valence electrons. The van der Waals surface area contributed by atoms with Crippen molar-refractivity contribution < 1.29 is 19.5 Å². The number of hydrogen-bond acceptors (Lipinski definition) is 4. The first kappa shape index (κ1) is 21.6. The molecule has 1 aliphatic rings. The van der Waals surface area contributed by atoms with E-state index in [1.54, 1.807) is 56.4 Å². The number of hydrogen-bond donors (Lipinski definition) is 3. The van der Waals surface area contributed by atoms with Crippen molar-refractivity contribution in [3.63, 3.8) is 0 Å². The third kappa shape index (κ3) is 4.73. The zero-order valence-electron chi connectivity index (χ0n) is 17.2. The third-order valence-electron chi connectivity index (χ3n) is 5.08. The molecule has 3 rings (SSSR count). The Labute approximate surface area is 179 Å². The van der Waals surface area contributed by atoms with Gasteiger partial charge in [-0.1, -0.05) is 24.0 Å². The van der Waals surface area contributed by atoms with Gasteiger partial charge in [-0.2, -0.15) is 0 Å². The Kier molecular flexibility index (Phi) is 6.07. The molecule has 4 N–H and O–H groups in total. The third-order valence-corrected chi connectivity index (χ3v) is 5.08. The molecule has 0 aromatic heterocycles. The van der Waals surface area contributed by atoms with Crippen molar-refractivity contribution >= 4 is 29.3 Å². The van der Waals surface area contributed by atoms with Gasteiger partial charge in [0.25, 0.3) is 5.91 Å². The van der Waals surface area contributed by atoms with Crippen molar-refractivity contribution in [2.24, 2.45) is 5.73 Å². The molecule has 1 heterocycles. The Morgan fingerprint density at radius 1 is 1.16 bits per heavy atom. The molecule has 0 radical (unpaired) electrons. The second-order valence-corrected chi connectivity index (χ2v) is 7.31. The van der Waals surface area contributed by atoms with E-state index in [1.807, 2.05) is 0 Å². The number of carboxylic acid groups (broad SMARTS) is 1. The Bertz CT molecular complexity index is 1130. The molecule has 8 nitrogen and oxygen atoms in total. The number of nitrogen functional groups attached to an aromatic ring is 1. The van der Waals surface area contributed by atoms with Crippen LogP contribution in [0.4, 0.5) is 5.69 Å². The number of rotatable bonds is 4. The molecule has 1 aliphatic heterocycles. The average Bonchev–Trinajstić information content (AvgIpc) is 2.82. The lowest BCUT2D eigenvalue weighted by atomic mass is 10.1. The summed E-state index contributed by atoms with van der Waals surface area (Å²) in [5.74, 6) is 4.23. The minimum Gasteiger partial charge on any atom is -0.481 e. The van der Waals surface area contributed by atoms with Crippen LogP contribution in [0.15, 0.2) is 42.5 Å². The number of aliphatic carboxylic acids is 1. The van der Waals surface area contributed by atoms with Gasteiger partial charge in [-0.25, -0.2) is 0 Å². The van der Waals surface area contributed by atoms with E-state index in [0.29, 0.717) is 22.4 Å². The summed E-state index contributed by atoms with van der Waals surface area (Å²) < 4.78 is 0. The van der Waals surface area contributed by atoms with Gasteiger partial charge >= 0.3 is 5.97 Å². The molecule has 1 unspecified atom stereocenters. The number of nitrogens with zero attached hydrogens (tertiary/aromatic N) is 2. The zero-order chi connectivity index (χ0) is 22.7. The van der Waals surface area contributed by atoms with Crippen molar-refractivity contribution in [2.75, 3.05) is 18.5 Å². The normalized spacial score (nSPS) is 14.3. The molecule has 2 amide bonds. The topological polar surface area (TPSA) is 128 Å². The first-order valence-corrected chi connectivity index (χ1v) is 9.57. The predicted molar refractivity (Wildman–Crippen MR) is 116 cm³/mol. The lowest BCUT2D eigenvalue weighted by molar-refractivity contribution is -0.138. The van der Waals surface area contributed by atoms with E-state index in [-0.39, 0.29) is 24.7 Å². The first-order valence-electron chi connectivity index (χ1n) is 9.57. The molecule has 31 heavy (non-hydrogen) atoms. The maximum Gasteiger partial charge on any atom is 0.305 e. The van der Waals surface area contributed by atoms with Crippen molar-refractivity contribution in [1.29, 1.82) is 5.41 Å². The summed E-state index contributed by atoms with van der Waals surface area (Å²) in [4.78, 5) is 39.5. The lowest BCUT2D eigenvalue weighted by Gasteiger charge is -2.26. The van der Waals surface area contributed by atoms with Crippen LogP contribution >= 0.6 is 0 Å². The lowest BCUT2D eigenvalue weighted by Crippen LogP contribution is -2.43. The number of anilines is 1. The number of carboxylic acids is 1. The van der Waals surface area contributed by atoms with Crippen LogP contribution in [0.25, 0.3) is 0 Å². The fourth-order valence-electron chi connectivity index (χ4n) is 3.29. The van der Waals surface area contributed by atoms with Crippen molar-refractivity contribution in [3.05, 3.63) is 64.7 Å². The van der Waals surface area contributed by atoms with Crippen molar-refractivity contribution in [1.82, 2.24) is 4.90 Å². The molecule has 2 aromatic carbocycles. The average molecular weight is 418 g/mol. The smallest absolute Gasteiger partial charge is 0.305 e. The number of carbonyl (C=O) groups is 3. The Morgan fingerprint density at radius 2 is 1.77 bits per heavy atom. The van der Waals surface area contributed by atoms with Crippen LogP contribution in [0.1, 0.15) is 40.4 Å². The van der Waals surface area contributed by atoms with E-state index in [1.165, 1.54) is 9.80 Å². The summed E-state index contributed by atoms with van der Waals surface area (Å²) in [7, 11) is 1.59. The Balaban J connectivity index is 1.95. The minimum atomic E-state index is -1.04. The van der Waals surface area contributed by atoms with Crippen LogP contribution in [0.2, 0.25) is 0 Å². The monoisotopic (exact) mass is 418 g/mol. The molecular formula is C23H22N4O4. The molecule has 8 heteroatoms. The van der Waals surface area contributed by atoms with Gasteiger partial charge in [0.15, 0.2) is 0 Å². The van der Waals surface area contributed by atoms with Gasteiger partial charge < -0.3 is 20.6 Å². The van der Waals surface area contributed by atoms with Gasteiger partial charge in [0.05, 0.1) is 17.7 Å². The van der Waals surface area contributed by atoms with E-state index in [9.17, 15) is 14.4 Å². The highest BCUT2D eigenvalue weighted by atomic mass is 16.4. The summed E-state index contributed by atoms with van der Waals surface area (Å²) in [5, 5.41) is 16.5. The van der Waals surface area contributed by atoms with Crippen LogP contribution in [0.3, 0.4) is 0 Å². The Hall–Kier alpha value is -4.12. The second kappa shape index (κ2) is 8.71. The fraction of sp³-hybridized carbons (Fsp3) is 0.217. The highest BCUT2D eigenvalue weighted by Gasteiger charge is 2.33. The van der Waals surface area contributed by atoms with Crippen LogP contribution in [0, 0.1) is 17.3 Å². The number of nitrogens with two attached hydrogens (primary N) is 1. The fourth-order valence-corrected chi connectivity index (χ4v) is 3.29. The number of carbonyl (C=O) groups excluding carboxylic acids is 2. The standard InChI is InChI=1S/C23H22N4O4/c1-14(11-21(29)30)27-13-20(28)26(2)19-10-7-16(12-18(19)23(27)31)4-3-15-5-8-17(9-6-15)22(24)25/h5-10,12,14H,11,13H2,1-2H3,(H3,24,25)(H,29,30). The highest BCUT2D eigenvalue weighted by molar-refractivity contribution is 6.09. The predicted octanol–water partition coefficient (Wildman–Crippen LogP) is 1.65. The molecule has 0 fully saturated rings. The first-order chi connectivity index (χ1) is 14.7. The largest absolute Gasteiger partial charge is 0.481 e. The zero-order valence-corrected chi connectivity index (χ0v) is 17.2. The number of likely N-dealkylation sites (N-methyl/N-ethyl adjacent to an activating group) is 1. The second-order valence-electron chi connectivity index (χ2n) is 7.31. The van der Waals surface area contributed by atoms with Crippen molar-refractivity contribution in [2.45, 2.75) is 19.4 Å². The van der Waals surface area contributed by atoms with Gasteiger partial charge in [0.1, 0.15) is 12.4 Å². The summed E-state index contributed by atoms with van der Waals surface area (Å²) in [6.07, 6.45) is -0.256. The van der Waals surface area contributed by atoms with Gasteiger partial charge in [-0.05, 0) is 37.3 Å². The van der Waals surface area contributed by atoms with Crippen LogP contribution in [0.5, 0.6) is 0 Å². The van der Waals surface area contributed by atoms with E-state index in [4.69, 9.17) is 16.2 Å². The maximum atomic E-state index is 13.2. The summed E-state index contributed by atoms with van der Waals surface area (Å²) >= 11 is 0. The van der Waals surface area contributed by atoms with Gasteiger partial charge in [-0.3, -0.25) is 19.8 Å². The number of nitrogens with one attached hydrogen (secondary N) is 1. The van der Waals surface area contributed by atoms with Crippen LogP contribution < -0.4 is 10.6 Å². The van der Waals surface area contributed by atoms with Crippen molar-refractivity contribution in [3.8, 4) is 11.8 Å². The van der Waals surface area contributed by atoms with E-state index >= 15 is 0 Å². The van der Waals surface area contributed by atoms with Crippen LogP contribution in [-0.2, 0) is 9.59 Å². The van der Waals surface area contributed by atoms with Crippen LogP contribution in [-0.4, -0.2) is 53.3 Å². The Morgan fingerprint density at radius 3 is 2.39 bits per heavy atom. The van der Waals surface area contributed by atoms with Gasteiger partial charge in [0, 0.05) is 29.8 Å². The molecule has 0 bridgehead atoms. The molecule has 0 saturated heterocycles. The summed E-state index contributed by atoms with van der Waals surface area (Å²) in [6, 6.07) is 11.3. The minimum absolute atomic E-state index is 0.0240. The van der Waals surface area contributed by atoms with Gasteiger partial charge in [-0.15, -0.1) is 0 Å². The molecule has 2 aromatic rings. The van der Waals surface area contributed by atoms with E-state index < -0.39 is 17.9 Å². The van der Waals surface area contributed by atoms with E-state index in [2.05, 4.69) is 11.8 Å². The quantitative estimate of drug-likeness (QED) is 0.395. The summed E-state index contributed by atoms with van der Waals surface area (Å²) in [5.41, 5.74) is 8.10. The summed E-state index contributed by atoms with van der Waals surface area (Å²) in [6.45, 7) is 1.42. The number of amides is 2. The number of fused-ring (bicyclic) bond motifs is 1. The molecule has 0 saturated carbocycles. The molecule has 0 aliphatic carbocycles. The number of amidine groups is 1.